The van der Waals surface area contributed by atoms with E-state index in [0.717, 1.165) is 16.0 Å². The van der Waals surface area contributed by atoms with Crippen LogP contribution in [0.3, 0.4) is 0 Å². The highest BCUT2D eigenvalue weighted by atomic mass is 32.1. The van der Waals surface area contributed by atoms with Crippen molar-refractivity contribution in [1.29, 1.82) is 0 Å². The summed E-state index contributed by atoms with van der Waals surface area (Å²) in [6.45, 7) is 4.18. The highest BCUT2D eigenvalue weighted by molar-refractivity contribution is 7.16. The second kappa shape index (κ2) is 7.49. The van der Waals surface area contributed by atoms with Gasteiger partial charge in [0.05, 0.1) is 5.56 Å². The van der Waals surface area contributed by atoms with E-state index in [1.54, 1.807) is 31.7 Å². The average Bonchev–Trinajstić information content (AvgIpc) is 3.17. The second-order valence-corrected chi connectivity index (χ2v) is 7.05. The number of nitrogens with zero attached hydrogens (tertiary/aromatic N) is 3. The average molecular weight is 369 g/mol. The first-order valence-corrected chi connectivity index (χ1v) is 8.85. The SMILES string of the molecule is Cc1sc(NC(=O)c2ccnn2C)c(C(=O)NCc2cccnc2)c1C. The first-order valence-electron chi connectivity index (χ1n) is 8.04. The molecule has 0 saturated carbocycles. The van der Waals surface area contributed by atoms with Crippen LogP contribution in [-0.4, -0.2) is 26.6 Å². The van der Waals surface area contributed by atoms with Gasteiger partial charge in [0, 0.05) is 37.1 Å². The molecule has 2 amide bonds. The summed E-state index contributed by atoms with van der Waals surface area (Å²) in [5, 5.41) is 10.3. The van der Waals surface area contributed by atoms with Gasteiger partial charge in [0.25, 0.3) is 11.8 Å². The van der Waals surface area contributed by atoms with Crippen molar-refractivity contribution < 1.29 is 9.59 Å². The maximum atomic E-state index is 12.7. The Kier molecular flexibility index (Phi) is 5.13. The zero-order valence-electron chi connectivity index (χ0n) is 14.7. The maximum absolute atomic E-state index is 12.7. The van der Waals surface area contributed by atoms with Crippen LogP contribution in [0.5, 0.6) is 0 Å². The third-order valence-electron chi connectivity index (χ3n) is 4.07. The van der Waals surface area contributed by atoms with Crippen LogP contribution in [0.25, 0.3) is 0 Å². The summed E-state index contributed by atoms with van der Waals surface area (Å²) in [6, 6.07) is 5.34. The molecule has 3 aromatic heterocycles. The van der Waals surface area contributed by atoms with Gasteiger partial charge in [-0.15, -0.1) is 11.3 Å². The fraction of sp³-hybridized carbons (Fsp3) is 0.222. The van der Waals surface area contributed by atoms with Crippen molar-refractivity contribution in [3.8, 4) is 0 Å². The molecule has 0 bridgehead atoms. The minimum Gasteiger partial charge on any atom is -0.348 e. The van der Waals surface area contributed by atoms with Crippen LogP contribution in [0.4, 0.5) is 5.00 Å². The van der Waals surface area contributed by atoms with E-state index in [1.165, 1.54) is 16.0 Å². The van der Waals surface area contributed by atoms with Gasteiger partial charge in [-0.25, -0.2) is 0 Å². The van der Waals surface area contributed by atoms with Crippen LogP contribution in [0, 0.1) is 13.8 Å². The zero-order chi connectivity index (χ0) is 18.7. The van der Waals surface area contributed by atoms with Crippen molar-refractivity contribution in [2.45, 2.75) is 20.4 Å². The molecule has 0 aromatic carbocycles. The maximum Gasteiger partial charge on any atom is 0.274 e. The number of rotatable bonds is 5. The fourth-order valence-corrected chi connectivity index (χ4v) is 3.58. The highest BCUT2D eigenvalue weighted by Gasteiger charge is 2.22. The fourth-order valence-electron chi connectivity index (χ4n) is 2.53. The van der Waals surface area contributed by atoms with Crippen molar-refractivity contribution in [3.05, 3.63) is 64.1 Å². The molecule has 0 saturated heterocycles. The second-order valence-electron chi connectivity index (χ2n) is 5.83. The predicted octanol–water partition coefficient (Wildman–Crippen LogP) is 2.68. The molecular formula is C18H19N5O2S. The van der Waals surface area contributed by atoms with Gasteiger partial charge in [-0.05, 0) is 37.1 Å². The van der Waals surface area contributed by atoms with Crippen LogP contribution < -0.4 is 10.6 Å². The number of carbonyl (C=O) groups is 2. The number of hydrogen-bond donors (Lipinski definition) is 2. The topological polar surface area (TPSA) is 88.9 Å². The smallest absolute Gasteiger partial charge is 0.274 e. The monoisotopic (exact) mass is 369 g/mol. The van der Waals surface area contributed by atoms with Crippen LogP contribution in [0.15, 0.2) is 36.8 Å². The van der Waals surface area contributed by atoms with Gasteiger partial charge in [0.1, 0.15) is 10.7 Å². The number of aryl methyl sites for hydroxylation is 2. The molecule has 3 heterocycles. The van der Waals surface area contributed by atoms with Crippen molar-refractivity contribution in [2.24, 2.45) is 7.05 Å². The molecule has 2 N–H and O–H groups in total. The summed E-state index contributed by atoms with van der Waals surface area (Å²) in [4.78, 5) is 30.2. The molecule has 0 fully saturated rings. The van der Waals surface area contributed by atoms with Crippen molar-refractivity contribution >= 4 is 28.2 Å². The Bertz CT molecular complexity index is 946. The molecule has 0 spiro atoms. The Morgan fingerprint density at radius 3 is 2.65 bits per heavy atom. The lowest BCUT2D eigenvalue weighted by molar-refractivity contribution is 0.0951. The lowest BCUT2D eigenvalue weighted by Crippen LogP contribution is -2.25. The van der Waals surface area contributed by atoms with Crippen LogP contribution >= 0.6 is 11.3 Å². The summed E-state index contributed by atoms with van der Waals surface area (Å²) < 4.78 is 1.49. The Labute approximate surface area is 155 Å². The molecule has 0 radical (unpaired) electrons. The number of nitrogens with one attached hydrogen (secondary N) is 2. The van der Waals surface area contributed by atoms with E-state index < -0.39 is 0 Å². The Hall–Kier alpha value is -3.00. The number of hydrogen-bond acceptors (Lipinski definition) is 5. The van der Waals surface area contributed by atoms with Gasteiger partial charge in [0.2, 0.25) is 0 Å². The minimum atomic E-state index is -0.299. The van der Waals surface area contributed by atoms with Gasteiger partial charge < -0.3 is 10.6 Å². The highest BCUT2D eigenvalue weighted by Crippen LogP contribution is 2.32. The van der Waals surface area contributed by atoms with Crippen LogP contribution in [0.1, 0.15) is 36.9 Å². The Morgan fingerprint density at radius 2 is 2.00 bits per heavy atom. The van der Waals surface area contributed by atoms with E-state index in [9.17, 15) is 9.59 Å². The summed E-state index contributed by atoms with van der Waals surface area (Å²) in [5.74, 6) is -0.524. The summed E-state index contributed by atoms with van der Waals surface area (Å²) >= 11 is 1.39. The van der Waals surface area contributed by atoms with E-state index in [0.29, 0.717) is 22.8 Å². The first-order chi connectivity index (χ1) is 12.5. The molecule has 134 valence electrons. The predicted molar refractivity (Wildman–Crippen MR) is 100 cm³/mol. The molecule has 8 heteroatoms. The normalized spacial score (nSPS) is 10.6. The molecule has 0 atom stereocenters. The molecule has 0 aliphatic heterocycles. The number of pyridine rings is 1. The van der Waals surface area contributed by atoms with E-state index in [-0.39, 0.29) is 11.8 Å². The van der Waals surface area contributed by atoms with Gasteiger partial charge in [-0.2, -0.15) is 5.10 Å². The van der Waals surface area contributed by atoms with E-state index in [2.05, 4.69) is 20.7 Å². The quantitative estimate of drug-likeness (QED) is 0.724. The summed E-state index contributed by atoms with van der Waals surface area (Å²) in [7, 11) is 1.70. The van der Waals surface area contributed by atoms with Crippen molar-refractivity contribution in [3.63, 3.8) is 0 Å². The first kappa shape index (κ1) is 17.8. The molecule has 26 heavy (non-hydrogen) atoms. The van der Waals surface area contributed by atoms with Gasteiger partial charge in [-0.1, -0.05) is 6.07 Å². The number of carbonyl (C=O) groups excluding carboxylic acids is 2. The zero-order valence-corrected chi connectivity index (χ0v) is 15.6. The van der Waals surface area contributed by atoms with Crippen molar-refractivity contribution in [2.75, 3.05) is 5.32 Å². The molecule has 3 rings (SSSR count). The number of amides is 2. The number of anilines is 1. The Morgan fingerprint density at radius 1 is 1.19 bits per heavy atom. The molecular weight excluding hydrogens is 350 g/mol. The van der Waals surface area contributed by atoms with Gasteiger partial charge in [-0.3, -0.25) is 19.3 Å². The van der Waals surface area contributed by atoms with Crippen molar-refractivity contribution in [1.82, 2.24) is 20.1 Å². The minimum absolute atomic E-state index is 0.226. The Balaban J connectivity index is 1.79. The van der Waals surface area contributed by atoms with E-state index >= 15 is 0 Å². The largest absolute Gasteiger partial charge is 0.348 e. The van der Waals surface area contributed by atoms with Gasteiger partial charge >= 0.3 is 0 Å². The van der Waals surface area contributed by atoms with Gasteiger partial charge in [0.15, 0.2) is 0 Å². The molecule has 7 nitrogen and oxygen atoms in total. The molecule has 0 unspecified atom stereocenters. The molecule has 0 aliphatic rings. The number of thiophene rings is 1. The summed E-state index contributed by atoms with van der Waals surface area (Å²) in [6.07, 6.45) is 4.95. The standard InChI is InChI=1S/C18H19N5O2S/c1-11-12(2)26-18(22-16(24)14-6-8-21-23(14)3)15(11)17(25)20-10-13-5-4-7-19-9-13/h4-9H,10H2,1-3H3,(H,20,25)(H,22,24). The molecule has 0 aliphatic carbocycles. The van der Waals surface area contributed by atoms with E-state index in [4.69, 9.17) is 0 Å². The van der Waals surface area contributed by atoms with Crippen LogP contribution in [-0.2, 0) is 13.6 Å². The lowest BCUT2D eigenvalue weighted by atomic mass is 10.1. The summed E-state index contributed by atoms with van der Waals surface area (Å²) in [5.41, 5.74) is 2.69. The van der Waals surface area contributed by atoms with E-state index in [1.807, 2.05) is 26.0 Å². The molecule has 3 aromatic rings. The lowest BCUT2D eigenvalue weighted by Gasteiger charge is -2.09. The third kappa shape index (κ3) is 3.65. The third-order valence-corrected chi connectivity index (χ3v) is 5.19. The van der Waals surface area contributed by atoms with Crippen LogP contribution in [0.2, 0.25) is 0 Å². The number of aromatic nitrogens is 3.